The third kappa shape index (κ3) is 2.40. The fourth-order valence-electron chi connectivity index (χ4n) is 4.27. The predicted molar refractivity (Wildman–Crippen MR) is 97.5 cm³/mol. The van der Waals surface area contributed by atoms with Gasteiger partial charge in [-0.3, -0.25) is 0 Å². The molecule has 128 valence electrons. The van der Waals surface area contributed by atoms with Gasteiger partial charge in [0.25, 0.3) is 0 Å². The second-order valence-corrected chi connectivity index (χ2v) is 6.74. The first kappa shape index (κ1) is 15.8. The van der Waals surface area contributed by atoms with Crippen molar-refractivity contribution in [1.29, 1.82) is 0 Å². The molecule has 4 rings (SSSR count). The first-order valence-electron chi connectivity index (χ1n) is 8.54. The van der Waals surface area contributed by atoms with E-state index in [9.17, 15) is 9.90 Å². The zero-order chi connectivity index (χ0) is 17.6. The molecular weight excluding hydrogens is 314 g/mol. The molecular formula is C21H21NO3. The van der Waals surface area contributed by atoms with Gasteiger partial charge in [0.05, 0.1) is 18.7 Å². The van der Waals surface area contributed by atoms with E-state index in [-0.39, 0.29) is 17.9 Å². The van der Waals surface area contributed by atoms with Gasteiger partial charge in [-0.1, -0.05) is 36.4 Å². The molecule has 0 fully saturated rings. The van der Waals surface area contributed by atoms with Gasteiger partial charge < -0.3 is 15.2 Å². The summed E-state index contributed by atoms with van der Waals surface area (Å²) in [5.74, 6) is 0.384. The maximum Gasteiger partial charge on any atom is 0.336 e. The molecule has 2 aromatic rings. The molecule has 1 heterocycles. The summed E-state index contributed by atoms with van der Waals surface area (Å²) in [5, 5.41) is 13.3. The minimum atomic E-state index is -0.868. The van der Waals surface area contributed by atoms with Crippen molar-refractivity contribution in [1.82, 2.24) is 0 Å². The molecule has 4 nitrogen and oxygen atoms in total. The van der Waals surface area contributed by atoms with Crippen molar-refractivity contribution in [2.24, 2.45) is 5.92 Å². The number of aryl methyl sites for hydroxylation is 1. The summed E-state index contributed by atoms with van der Waals surface area (Å²) < 4.78 is 5.57. The van der Waals surface area contributed by atoms with Crippen LogP contribution < -0.4 is 10.1 Å². The van der Waals surface area contributed by atoms with Crippen molar-refractivity contribution >= 4 is 11.7 Å². The second-order valence-electron chi connectivity index (χ2n) is 6.74. The first-order chi connectivity index (χ1) is 12.1. The van der Waals surface area contributed by atoms with Crippen molar-refractivity contribution in [2.75, 3.05) is 12.4 Å². The lowest BCUT2D eigenvalue weighted by molar-refractivity contribution is 0.0695. The quantitative estimate of drug-likeness (QED) is 0.809. The van der Waals surface area contributed by atoms with Crippen LogP contribution in [-0.4, -0.2) is 18.2 Å². The first-order valence-corrected chi connectivity index (χ1v) is 8.54. The summed E-state index contributed by atoms with van der Waals surface area (Å²) in [6.07, 6.45) is 5.26. The average Bonchev–Trinajstić information content (AvgIpc) is 3.11. The number of methoxy groups -OCH3 is 1. The number of anilines is 1. The lowest BCUT2D eigenvalue weighted by atomic mass is 9.74. The molecule has 2 aliphatic rings. The molecule has 0 amide bonds. The number of carbonyl (C=O) groups is 1. The van der Waals surface area contributed by atoms with Crippen LogP contribution in [0.5, 0.6) is 5.75 Å². The summed E-state index contributed by atoms with van der Waals surface area (Å²) >= 11 is 0. The lowest BCUT2D eigenvalue weighted by Gasteiger charge is -2.39. The Labute approximate surface area is 147 Å². The maximum atomic E-state index is 11.8. The Morgan fingerprint density at radius 2 is 2.04 bits per heavy atom. The number of ether oxygens (including phenoxy) is 1. The van der Waals surface area contributed by atoms with Crippen molar-refractivity contribution in [3.63, 3.8) is 0 Å². The minimum Gasteiger partial charge on any atom is -0.496 e. The van der Waals surface area contributed by atoms with Crippen molar-refractivity contribution in [3.8, 4) is 5.75 Å². The van der Waals surface area contributed by atoms with Gasteiger partial charge in [0.15, 0.2) is 0 Å². The molecule has 25 heavy (non-hydrogen) atoms. The van der Waals surface area contributed by atoms with E-state index in [2.05, 4.69) is 23.5 Å². The Hall–Kier alpha value is -2.75. The summed E-state index contributed by atoms with van der Waals surface area (Å²) in [7, 11) is 1.69. The number of carboxylic acids is 1. The van der Waals surface area contributed by atoms with E-state index in [4.69, 9.17) is 4.74 Å². The van der Waals surface area contributed by atoms with Crippen LogP contribution in [0.3, 0.4) is 0 Å². The largest absolute Gasteiger partial charge is 0.496 e. The normalized spacial score (nSPS) is 23.5. The molecule has 0 bridgehead atoms. The number of fused-ring (bicyclic) bond motifs is 3. The summed E-state index contributed by atoms with van der Waals surface area (Å²) in [4.78, 5) is 11.8. The number of rotatable bonds is 3. The smallest absolute Gasteiger partial charge is 0.336 e. The van der Waals surface area contributed by atoms with Crippen LogP contribution in [0, 0.1) is 12.8 Å². The van der Waals surface area contributed by atoms with E-state index in [0.717, 1.165) is 34.5 Å². The molecule has 0 spiro atoms. The Bertz CT molecular complexity index is 871. The SMILES string of the molecule is COc1ccccc1[C@@H]1Nc2c(C)ccc(C(=O)O)c2[C@H]2C=CC[C@@H]21. The molecule has 3 atom stereocenters. The van der Waals surface area contributed by atoms with E-state index in [0.29, 0.717) is 5.56 Å². The highest BCUT2D eigenvalue weighted by molar-refractivity contribution is 5.93. The van der Waals surface area contributed by atoms with Gasteiger partial charge in [0.2, 0.25) is 0 Å². The highest BCUT2D eigenvalue weighted by Crippen LogP contribution is 2.52. The molecule has 0 saturated heterocycles. The van der Waals surface area contributed by atoms with Crippen LogP contribution in [0.2, 0.25) is 0 Å². The number of para-hydroxylation sites is 1. The molecule has 4 heteroatoms. The number of allylic oxidation sites excluding steroid dienone is 2. The van der Waals surface area contributed by atoms with Crippen LogP contribution in [0.15, 0.2) is 48.6 Å². The van der Waals surface area contributed by atoms with Crippen LogP contribution in [0.25, 0.3) is 0 Å². The van der Waals surface area contributed by atoms with Gasteiger partial charge in [-0.15, -0.1) is 0 Å². The Morgan fingerprint density at radius 1 is 1.24 bits per heavy atom. The summed E-state index contributed by atoms with van der Waals surface area (Å²) in [5.41, 5.74) is 4.45. The van der Waals surface area contributed by atoms with E-state index >= 15 is 0 Å². The number of hydrogen-bond donors (Lipinski definition) is 2. The van der Waals surface area contributed by atoms with Gasteiger partial charge >= 0.3 is 5.97 Å². The number of aromatic carboxylic acids is 1. The second kappa shape index (κ2) is 5.96. The predicted octanol–water partition coefficient (Wildman–Crippen LogP) is 4.53. The molecule has 0 radical (unpaired) electrons. The fraction of sp³-hybridized carbons (Fsp3) is 0.286. The zero-order valence-corrected chi connectivity index (χ0v) is 14.3. The number of carboxylic acid groups (broad SMARTS) is 1. The third-order valence-corrected chi connectivity index (χ3v) is 5.43. The number of benzene rings is 2. The van der Waals surface area contributed by atoms with Crippen LogP contribution in [0.1, 0.15) is 45.4 Å². The van der Waals surface area contributed by atoms with Gasteiger partial charge in [-0.05, 0) is 42.5 Å². The van der Waals surface area contributed by atoms with Gasteiger partial charge in [-0.2, -0.15) is 0 Å². The van der Waals surface area contributed by atoms with Crippen molar-refractivity contribution in [2.45, 2.75) is 25.3 Å². The molecule has 1 aliphatic heterocycles. The molecule has 0 unspecified atom stereocenters. The topological polar surface area (TPSA) is 58.6 Å². The molecule has 2 N–H and O–H groups in total. The standard InChI is InChI=1S/C21H21NO3/c1-12-10-11-16(21(23)24)18-13-7-5-8-14(13)20(22-19(12)18)15-6-3-4-9-17(15)25-2/h3-7,9-11,13-14,20,22H,8H2,1-2H3,(H,23,24)/t13-,14-,20+/m0/s1. The highest BCUT2D eigenvalue weighted by atomic mass is 16.5. The van der Waals surface area contributed by atoms with E-state index in [1.54, 1.807) is 13.2 Å². The van der Waals surface area contributed by atoms with Crippen LogP contribution in [-0.2, 0) is 0 Å². The van der Waals surface area contributed by atoms with Crippen molar-refractivity contribution in [3.05, 3.63) is 70.8 Å². The number of nitrogens with one attached hydrogen (secondary N) is 1. The Kier molecular flexibility index (Phi) is 3.75. The van der Waals surface area contributed by atoms with Crippen LogP contribution >= 0.6 is 0 Å². The third-order valence-electron chi connectivity index (χ3n) is 5.43. The Morgan fingerprint density at radius 3 is 2.80 bits per heavy atom. The monoisotopic (exact) mass is 335 g/mol. The van der Waals surface area contributed by atoms with Gasteiger partial charge in [0, 0.05) is 17.2 Å². The summed E-state index contributed by atoms with van der Waals surface area (Å²) in [6.45, 7) is 2.02. The fourth-order valence-corrected chi connectivity index (χ4v) is 4.27. The van der Waals surface area contributed by atoms with E-state index in [1.165, 1.54) is 0 Å². The summed E-state index contributed by atoms with van der Waals surface area (Å²) in [6, 6.07) is 11.8. The average molecular weight is 335 g/mol. The molecule has 2 aromatic carbocycles. The Balaban J connectivity index is 1.89. The van der Waals surface area contributed by atoms with Crippen LogP contribution in [0.4, 0.5) is 5.69 Å². The molecule has 0 saturated carbocycles. The molecule has 1 aliphatic carbocycles. The minimum absolute atomic E-state index is 0.0893. The van der Waals surface area contributed by atoms with E-state index < -0.39 is 5.97 Å². The van der Waals surface area contributed by atoms with Gasteiger partial charge in [0.1, 0.15) is 5.75 Å². The number of hydrogen-bond acceptors (Lipinski definition) is 3. The van der Waals surface area contributed by atoms with Crippen molar-refractivity contribution < 1.29 is 14.6 Å². The van der Waals surface area contributed by atoms with E-state index in [1.807, 2.05) is 31.2 Å². The maximum absolute atomic E-state index is 11.8. The molecule has 0 aromatic heterocycles. The lowest BCUT2D eigenvalue weighted by Crippen LogP contribution is -2.31. The highest BCUT2D eigenvalue weighted by Gasteiger charge is 2.41. The van der Waals surface area contributed by atoms with Gasteiger partial charge in [-0.25, -0.2) is 4.79 Å². The zero-order valence-electron chi connectivity index (χ0n) is 14.3.